The zero-order chi connectivity index (χ0) is 12.1. The lowest BCUT2D eigenvalue weighted by Crippen LogP contribution is -2.36. The molecule has 16 heavy (non-hydrogen) atoms. The van der Waals surface area contributed by atoms with Crippen molar-refractivity contribution < 1.29 is 0 Å². The van der Waals surface area contributed by atoms with Gasteiger partial charge in [0.05, 0.1) is 5.69 Å². The van der Waals surface area contributed by atoms with Gasteiger partial charge in [-0.05, 0) is 26.4 Å². The molecule has 1 rings (SSSR count). The van der Waals surface area contributed by atoms with Crippen molar-refractivity contribution in [3.8, 4) is 0 Å². The highest BCUT2D eigenvalue weighted by Gasteiger charge is 2.15. The van der Waals surface area contributed by atoms with Crippen LogP contribution in [0.2, 0.25) is 0 Å². The molecule has 0 amide bonds. The Balaban J connectivity index is 2.60. The molecule has 1 heterocycles. The lowest BCUT2D eigenvalue weighted by Gasteiger charge is -2.25. The smallest absolute Gasteiger partial charge is 0.183 e. The highest BCUT2D eigenvalue weighted by Crippen LogP contribution is 2.19. The van der Waals surface area contributed by atoms with E-state index in [-0.39, 0.29) is 0 Å². The molecular weight excluding hydrogens is 218 g/mol. The van der Waals surface area contributed by atoms with Crippen molar-refractivity contribution in [2.75, 3.05) is 26.0 Å². The first-order chi connectivity index (χ1) is 7.52. The molecule has 0 radical (unpaired) electrons. The van der Waals surface area contributed by atoms with E-state index in [1.54, 1.807) is 11.3 Å². The number of nitrogens with zero attached hydrogens (tertiary/aromatic N) is 2. The molecule has 1 aromatic heterocycles. The van der Waals surface area contributed by atoms with E-state index in [2.05, 4.69) is 55.4 Å². The Hall–Kier alpha value is -0.610. The average molecular weight is 241 g/mol. The zero-order valence-electron chi connectivity index (χ0n) is 10.9. The van der Waals surface area contributed by atoms with Crippen LogP contribution in [0.15, 0.2) is 5.38 Å². The molecule has 0 fully saturated rings. The van der Waals surface area contributed by atoms with Gasteiger partial charge in [0.25, 0.3) is 0 Å². The predicted octanol–water partition coefficient (Wildman–Crippen LogP) is 2.70. The third-order valence-corrected chi connectivity index (χ3v) is 3.41. The minimum Gasteiger partial charge on any atom is -0.357 e. The van der Waals surface area contributed by atoms with Crippen LogP contribution in [0.3, 0.4) is 0 Å². The number of anilines is 1. The fourth-order valence-corrected chi connectivity index (χ4v) is 2.37. The SMILES string of the molecule is CCc1csc(NC(CN(C)C)C(C)C)n1. The standard InChI is InChI=1S/C12H23N3S/c1-6-10-8-16-12(13-10)14-11(9(2)3)7-15(4)5/h8-9,11H,6-7H2,1-5H3,(H,13,14). The van der Waals surface area contributed by atoms with E-state index >= 15 is 0 Å². The van der Waals surface area contributed by atoms with E-state index in [1.165, 1.54) is 5.69 Å². The number of hydrogen-bond acceptors (Lipinski definition) is 4. The van der Waals surface area contributed by atoms with Gasteiger partial charge in [-0.2, -0.15) is 0 Å². The van der Waals surface area contributed by atoms with E-state index in [0.29, 0.717) is 12.0 Å². The summed E-state index contributed by atoms with van der Waals surface area (Å²) in [6, 6.07) is 0.464. The van der Waals surface area contributed by atoms with Crippen molar-refractivity contribution in [1.29, 1.82) is 0 Å². The summed E-state index contributed by atoms with van der Waals surface area (Å²) in [7, 11) is 4.22. The summed E-state index contributed by atoms with van der Waals surface area (Å²) < 4.78 is 0. The van der Waals surface area contributed by atoms with Crippen molar-refractivity contribution in [2.45, 2.75) is 33.2 Å². The van der Waals surface area contributed by atoms with E-state index in [9.17, 15) is 0 Å². The van der Waals surface area contributed by atoms with Crippen LogP contribution < -0.4 is 5.32 Å². The molecule has 3 nitrogen and oxygen atoms in total. The minimum atomic E-state index is 0.464. The predicted molar refractivity (Wildman–Crippen MR) is 72.3 cm³/mol. The minimum absolute atomic E-state index is 0.464. The van der Waals surface area contributed by atoms with Gasteiger partial charge in [0.1, 0.15) is 0 Å². The van der Waals surface area contributed by atoms with Crippen LogP contribution in [0.4, 0.5) is 5.13 Å². The molecule has 0 aliphatic heterocycles. The van der Waals surface area contributed by atoms with Crippen molar-refractivity contribution in [3.05, 3.63) is 11.1 Å². The van der Waals surface area contributed by atoms with Gasteiger partial charge >= 0.3 is 0 Å². The van der Waals surface area contributed by atoms with Gasteiger partial charge in [-0.15, -0.1) is 11.3 Å². The molecule has 0 saturated carbocycles. The first-order valence-corrected chi connectivity index (χ1v) is 6.76. The van der Waals surface area contributed by atoms with Crippen LogP contribution in [-0.4, -0.2) is 36.6 Å². The lowest BCUT2D eigenvalue weighted by molar-refractivity contribution is 0.344. The van der Waals surface area contributed by atoms with Crippen LogP contribution in [0.5, 0.6) is 0 Å². The van der Waals surface area contributed by atoms with Crippen LogP contribution in [-0.2, 0) is 6.42 Å². The molecule has 0 spiro atoms. The molecule has 0 bridgehead atoms. The number of aryl methyl sites for hydroxylation is 1. The highest BCUT2D eigenvalue weighted by atomic mass is 32.1. The average Bonchev–Trinajstić information content (AvgIpc) is 2.63. The first-order valence-electron chi connectivity index (χ1n) is 5.88. The molecule has 4 heteroatoms. The summed E-state index contributed by atoms with van der Waals surface area (Å²) in [5.41, 5.74) is 1.18. The molecule has 1 N–H and O–H groups in total. The zero-order valence-corrected chi connectivity index (χ0v) is 11.8. The fraction of sp³-hybridized carbons (Fsp3) is 0.750. The maximum Gasteiger partial charge on any atom is 0.183 e. The third kappa shape index (κ3) is 4.10. The van der Waals surface area contributed by atoms with Gasteiger partial charge in [0.15, 0.2) is 5.13 Å². The monoisotopic (exact) mass is 241 g/mol. The van der Waals surface area contributed by atoms with E-state index in [1.807, 2.05) is 0 Å². The number of aromatic nitrogens is 1. The Bertz CT molecular complexity index is 307. The molecule has 1 aromatic rings. The number of likely N-dealkylation sites (N-methyl/N-ethyl adjacent to an activating group) is 1. The van der Waals surface area contributed by atoms with Crippen LogP contribution in [0, 0.1) is 5.92 Å². The summed E-state index contributed by atoms with van der Waals surface area (Å²) >= 11 is 1.71. The van der Waals surface area contributed by atoms with E-state index < -0.39 is 0 Å². The Labute approximate surface area is 103 Å². The number of thiazole rings is 1. The van der Waals surface area contributed by atoms with E-state index in [0.717, 1.165) is 18.1 Å². The quantitative estimate of drug-likeness (QED) is 0.830. The van der Waals surface area contributed by atoms with Gasteiger partial charge in [-0.3, -0.25) is 0 Å². The summed E-state index contributed by atoms with van der Waals surface area (Å²) in [6.45, 7) is 7.67. The normalized spacial score (nSPS) is 13.4. The number of nitrogens with one attached hydrogen (secondary N) is 1. The second-order valence-corrected chi connectivity index (χ2v) is 5.61. The molecule has 1 unspecified atom stereocenters. The summed E-state index contributed by atoms with van der Waals surface area (Å²) in [6.07, 6.45) is 1.01. The highest BCUT2D eigenvalue weighted by molar-refractivity contribution is 7.13. The van der Waals surface area contributed by atoms with Crippen LogP contribution in [0.25, 0.3) is 0 Å². The van der Waals surface area contributed by atoms with Gasteiger partial charge in [0.2, 0.25) is 0 Å². The van der Waals surface area contributed by atoms with E-state index in [4.69, 9.17) is 0 Å². The molecule has 0 saturated heterocycles. The fourth-order valence-electron chi connectivity index (χ4n) is 1.51. The van der Waals surface area contributed by atoms with Crippen molar-refractivity contribution >= 4 is 16.5 Å². The van der Waals surface area contributed by atoms with Crippen LogP contribution in [0.1, 0.15) is 26.5 Å². The maximum atomic E-state index is 4.55. The molecular formula is C12H23N3S. The van der Waals surface area contributed by atoms with Gasteiger partial charge < -0.3 is 10.2 Å². The first kappa shape index (κ1) is 13.5. The Morgan fingerprint density at radius 2 is 2.12 bits per heavy atom. The van der Waals surface area contributed by atoms with Crippen molar-refractivity contribution in [3.63, 3.8) is 0 Å². The molecule has 1 atom stereocenters. The van der Waals surface area contributed by atoms with Crippen molar-refractivity contribution in [1.82, 2.24) is 9.88 Å². The Morgan fingerprint density at radius 3 is 2.56 bits per heavy atom. The molecule has 92 valence electrons. The largest absolute Gasteiger partial charge is 0.357 e. The second kappa shape index (κ2) is 6.21. The third-order valence-electron chi connectivity index (χ3n) is 2.59. The maximum absolute atomic E-state index is 4.55. The van der Waals surface area contributed by atoms with Gasteiger partial charge in [-0.1, -0.05) is 20.8 Å². The van der Waals surface area contributed by atoms with Gasteiger partial charge in [-0.25, -0.2) is 4.98 Å². The summed E-state index contributed by atoms with van der Waals surface area (Å²) in [5.74, 6) is 0.608. The van der Waals surface area contributed by atoms with Gasteiger partial charge in [0, 0.05) is 18.0 Å². The molecule has 0 aromatic carbocycles. The molecule has 0 aliphatic rings. The Kier molecular flexibility index (Phi) is 5.22. The topological polar surface area (TPSA) is 28.2 Å². The second-order valence-electron chi connectivity index (χ2n) is 4.75. The lowest BCUT2D eigenvalue weighted by atomic mass is 10.0. The van der Waals surface area contributed by atoms with Crippen molar-refractivity contribution in [2.24, 2.45) is 5.92 Å². The summed E-state index contributed by atoms with van der Waals surface area (Å²) in [4.78, 5) is 6.76. The summed E-state index contributed by atoms with van der Waals surface area (Å²) in [5, 5.41) is 6.72. The molecule has 0 aliphatic carbocycles. The van der Waals surface area contributed by atoms with Crippen LogP contribution >= 0.6 is 11.3 Å². The number of rotatable bonds is 6. The number of hydrogen-bond donors (Lipinski definition) is 1. The Morgan fingerprint density at radius 1 is 1.44 bits per heavy atom.